The number of amides is 1. The molecule has 13 heteroatoms. The first-order chi connectivity index (χ1) is 14.1. The van der Waals surface area contributed by atoms with E-state index >= 15 is 0 Å². The quantitative estimate of drug-likeness (QED) is 0.307. The lowest BCUT2D eigenvalue weighted by Crippen LogP contribution is -2.23. The van der Waals surface area contributed by atoms with E-state index in [1.54, 1.807) is 6.92 Å². The molecule has 0 unspecified atom stereocenters. The molecular weight excluding hydrogens is 454 g/mol. The number of hydrogen-bond donors (Lipinski definition) is 0. The van der Waals surface area contributed by atoms with Gasteiger partial charge in [-0.25, -0.2) is 8.42 Å². The highest BCUT2D eigenvalue weighted by Crippen LogP contribution is 2.25. The van der Waals surface area contributed by atoms with Crippen LogP contribution in [0.2, 0.25) is 0 Å². The van der Waals surface area contributed by atoms with Crippen molar-refractivity contribution in [1.29, 1.82) is 0 Å². The first-order valence-corrected chi connectivity index (χ1v) is 11.9. The third-order valence-corrected chi connectivity index (χ3v) is 7.03. The van der Waals surface area contributed by atoms with Gasteiger partial charge < -0.3 is 9.30 Å². The zero-order valence-corrected chi connectivity index (χ0v) is 18.2. The molecule has 3 aromatic rings. The summed E-state index contributed by atoms with van der Waals surface area (Å²) in [7, 11) is -3.45. The van der Waals surface area contributed by atoms with Crippen molar-refractivity contribution in [2.75, 3.05) is 12.9 Å². The predicted molar refractivity (Wildman–Crippen MR) is 110 cm³/mol. The third kappa shape index (κ3) is 4.63. The van der Waals surface area contributed by atoms with Gasteiger partial charge in [-0.2, -0.15) is 4.99 Å². The number of benzene rings is 1. The lowest BCUT2D eigenvalue weighted by Gasteiger charge is -2.05. The number of rotatable bonds is 6. The van der Waals surface area contributed by atoms with Crippen LogP contribution >= 0.6 is 22.7 Å². The number of fused-ring (bicyclic) bond motifs is 1. The lowest BCUT2D eigenvalue weighted by atomic mass is 10.3. The number of nitro groups is 1. The standard InChI is InChI=1S/C17H15N3O7S3/c1-3-27-15(21)9-19-11-5-4-10(30(2,25)26)8-13(11)29-17(19)18-16(22)12-6-7-14(28-12)20(23)24/h4-8H,3,9H2,1-2H3. The number of hydrogen-bond acceptors (Lipinski definition) is 9. The number of carbonyl (C=O) groups excluding carboxylic acids is 2. The number of nitrogens with zero attached hydrogens (tertiary/aromatic N) is 3. The van der Waals surface area contributed by atoms with Gasteiger partial charge >= 0.3 is 11.0 Å². The van der Waals surface area contributed by atoms with Crippen LogP contribution in [0.5, 0.6) is 0 Å². The average molecular weight is 470 g/mol. The molecule has 10 nitrogen and oxygen atoms in total. The molecule has 0 spiro atoms. The summed E-state index contributed by atoms with van der Waals surface area (Å²) in [6.45, 7) is 1.60. The Hall–Kier alpha value is -2.90. The van der Waals surface area contributed by atoms with E-state index in [2.05, 4.69) is 4.99 Å². The molecule has 0 atom stereocenters. The van der Waals surface area contributed by atoms with Crippen molar-refractivity contribution >= 4 is 59.6 Å². The van der Waals surface area contributed by atoms with E-state index in [1.165, 1.54) is 34.9 Å². The van der Waals surface area contributed by atoms with Crippen molar-refractivity contribution < 1.29 is 27.7 Å². The molecule has 1 amide bonds. The molecule has 0 fully saturated rings. The minimum Gasteiger partial charge on any atom is -0.465 e. The second kappa shape index (κ2) is 8.45. The maximum absolute atomic E-state index is 12.5. The molecule has 3 rings (SSSR count). The van der Waals surface area contributed by atoms with Gasteiger partial charge in [0.15, 0.2) is 14.6 Å². The van der Waals surface area contributed by atoms with Crippen LogP contribution in [0.25, 0.3) is 10.2 Å². The fraction of sp³-hybridized carbons (Fsp3) is 0.235. The fourth-order valence-corrected chi connectivity index (χ4v) is 5.03. The van der Waals surface area contributed by atoms with Crippen LogP contribution in [-0.4, -0.2) is 42.6 Å². The number of esters is 1. The number of aromatic nitrogens is 1. The first kappa shape index (κ1) is 21.8. The van der Waals surface area contributed by atoms with Gasteiger partial charge in [-0.15, -0.1) is 0 Å². The molecule has 0 aliphatic heterocycles. The maximum Gasteiger partial charge on any atom is 0.326 e. The van der Waals surface area contributed by atoms with Crippen LogP contribution in [0.1, 0.15) is 16.6 Å². The molecule has 158 valence electrons. The second-order valence-corrected chi connectivity index (χ2v) is 10.1. The summed E-state index contributed by atoms with van der Waals surface area (Å²) < 4.78 is 30.6. The summed E-state index contributed by atoms with van der Waals surface area (Å²) in [4.78, 5) is 39.1. The van der Waals surface area contributed by atoms with Gasteiger partial charge in [-0.1, -0.05) is 22.7 Å². The summed E-state index contributed by atoms with van der Waals surface area (Å²) in [6, 6.07) is 6.89. The highest BCUT2D eigenvalue weighted by atomic mass is 32.2. The first-order valence-electron chi connectivity index (χ1n) is 8.42. The van der Waals surface area contributed by atoms with Gasteiger partial charge in [0, 0.05) is 12.3 Å². The molecular formula is C17H15N3O7S3. The van der Waals surface area contributed by atoms with E-state index in [4.69, 9.17) is 4.74 Å². The number of sulfone groups is 1. The second-order valence-electron chi connectivity index (χ2n) is 5.99. The third-order valence-electron chi connectivity index (χ3n) is 3.85. The van der Waals surface area contributed by atoms with E-state index < -0.39 is 26.6 Å². The fourth-order valence-electron chi connectivity index (χ4n) is 2.54. The molecule has 0 N–H and O–H groups in total. The molecule has 0 saturated carbocycles. The Kier molecular flexibility index (Phi) is 6.14. The van der Waals surface area contributed by atoms with Gasteiger partial charge in [-0.3, -0.25) is 19.7 Å². The summed E-state index contributed by atoms with van der Waals surface area (Å²) in [5.74, 6) is -1.26. The summed E-state index contributed by atoms with van der Waals surface area (Å²) in [5, 5.41) is 10.6. The smallest absolute Gasteiger partial charge is 0.326 e. The molecule has 0 bridgehead atoms. The van der Waals surface area contributed by atoms with Gasteiger partial charge in [0.1, 0.15) is 11.4 Å². The topological polar surface area (TPSA) is 138 Å². The van der Waals surface area contributed by atoms with Gasteiger partial charge in [0.05, 0.1) is 26.6 Å². The molecule has 2 aromatic heterocycles. The van der Waals surface area contributed by atoms with E-state index in [9.17, 15) is 28.1 Å². The zero-order chi connectivity index (χ0) is 22.1. The van der Waals surface area contributed by atoms with Crippen LogP contribution in [0.4, 0.5) is 5.00 Å². The number of thiophene rings is 1. The van der Waals surface area contributed by atoms with Crippen LogP contribution in [0, 0.1) is 10.1 Å². The number of carbonyl (C=O) groups is 2. The van der Waals surface area contributed by atoms with Crippen LogP contribution in [0.15, 0.2) is 40.2 Å². The molecule has 1 aromatic carbocycles. The Bertz CT molecular complexity index is 1330. The molecule has 0 radical (unpaired) electrons. The average Bonchev–Trinajstić information content (AvgIpc) is 3.27. The monoisotopic (exact) mass is 469 g/mol. The minimum atomic E-state index is -3.45. The predicted octanol–water partition coefficient (Wildman–Crippen LogP) is 2.38. The summed E-state index contributed by atoms with van der Waals surface area (Å²) in [6.07, 6.45) is 1.08. The molecule has 30 heavy (non-hydrogen) atoms. The van der Waals surface area contributed by atoms with E-state index in [0.29, 0.717) is 21.6 Å². The Morgan fingerprint density at radius 3 is 2.57 bits per heavy atom. The van der Waals surface area contributed by atoms with Crippen LogP contribution < -0.4 is 4.80 Å². The number of ether oxygens (including phenoxy) is 1. The lowest BCUT2D eigenvalue weighted by molar-refractivity contribution is -0.380. The van der Waals surface area contributed by atoms with Gasteiger partial charge in [0.25, 0.3) is 5.91 Å². The van der Waals surface area contributed by atoms with Gasteiger partial charge in [-0.05, 0) is 31.2 Å². The van der Waals surface area contributed by atoms with E-state index in [-0.39, 0.29) is 32.7 Å². The Labute approximate surface area is 178 Å². The largest absolute Gasteiger partial charge is 0.465 e. The summed E-state index contributed by atoms with van der Waals surface area (Å²) in [5.41, 5.74) is 0.504. The van der Waals surface area contributed by atoms with E-state index in [1.807, 2.05) is 0 Å². The van der Waals surface area contributed by atoms with Crippen molar-refractivity contribution in [1.82, 2.24) is 4.57 Å². The van der Waals surface area contributed by atoms with Crippen molar-refractivity contribution in [3.8, 4) is 0 Å². The van der Waals surface area contributed by atoms with E-state index in [0.717, 1.165) is 17.6 Å². The summed E-state index contributed by atoms with van der Waals surface area (Å²) >= 11 is 1.72. The normalized spacial score (nSPS) is 12.3. The molecule has 0 aliphatic carbocycles. The van der Waals surface area contributed by atoms with Crippen molar-refractivity contribution in [2.45, 2.75) is 18.4 Å². The SMILES string of the molecule is CCOC(=O)Cn1c(=NC(=O)c2ccc([N+](=O)[O-])s2)sc2cc(S(C)(=O)=O)ccc21. The highest BCUT2D eigenvalue weighted by Gasteiger charge is 2.18. The molecule has 2 heterocycles. The molecule has 0 aliphatic rings. The Balaban J connectivity index is 2.14. The maximum atomic E-state index is 12.5. The molecule has 0 saturated heterocycles. The number of thiazole rings is 1. The van der Waals surface area contributed by atoms with Crippen molar-refractivity contribution in [3.05, 3.63) is 50.1 Å². The van der Waals surface area contributed by atoms with Gasteiger partial charge in [0.2, 0.25) is 0 Å². The highest BCUT2D eigenvalue weighted by molar-refractivity contribution is 7.90. The Morgan fingerprint density at radius 1 is 1.23 bits per heavy atom. The Morgan fingerprint density at radius 2 is 1.97 bits per heavy atom. The zero-order valence-electron chi connectivity index (χ0n) is 15.7. The van der Waals surface area contributed by atoms with Crippen molar-refractivity contribution in [3.63, 3.8) is 0 Å². The van der Waals surface area contributed by atoms with Crippen molar-refractivity contribution in [2.24, 2.45) is 4.99 Å². The van der Waals surface area contributed by atoms with Crippen LogP contribution in [-0.2, 0) is 25.9 Å². The minimum absolute atomic E-state index is 0.0682. The van der Waals surface area contributed by atoms with Crippen LogP contribution in [0.3, 0.4) is 0 Å².